The van der Waals surface area contributed by atoms with E-state index in [1.165, 1.54) is 30.0 Å². The van der Waals surface area contributed by atoms with Gasteiger partial charge in [-0.1, -0.05) is 60.6 Å². The monoisotopic (exact) mass is 376 g/mol. The van der Waals surface area contributed by atoms with Gasteiger partial charge in [-0.05, 0) is 48.1 Å². The molecule has 3 rings (SSSR count). The van der Waals surface area contributed by atoms with Crippen molar-refractivity contribution in [2.45, 2.75) is 27.3 Å². The van der Waals surface area contributed by atoms with E-state index in [1.54, 1.807) is 34.9 Å². The van der Waals surface area contributed by atoms with Gasteiger partial charge in [-0.25, -0.2) is 0 Å². The summed E-state index contributed by atoms with van der Waals surface area (Å²) >= 11 is 11.7. The predicted octanol–water partition coefficient (Wildman–Crippen LogP) is 7.50. The van der Waals surface area contributed by atoms with Crippen molar-refractivity contribution in [3.05, 3.63) is 64.5 Å². The van der Waals surface area contributed by atoms with Crippen LogP contribution in [0, 0.1) is 0 Å². The fourth-order valence-electron chi connectivity index (χ4n) is 2.34. The van der Waals surface area contributed by atoms with Crippen LogP contribution in [0.3, 0.4) is 0 Å². The van der Waals surface area contributed by atoms with Gasteiger partial charge in [0.15, 0.2) is 0 Å². The van der Waals surface area contributed by atoms with Crippen molar-refractivity contribution in [3.63, 3.8) is 0 Å². The maximum atomic E-state index is 6.29. The van der Waals surface area contributed by atoms with Crippen LogP contribution in [0.4, 0.5) is 0 Å². The summed E-state index contributed by atoms with van der Waals surface area (Å²) in [5.74, 6) is 0. The second kappa shape index (κ2) is 7.80. The predicted molar refractivity (Wildman–Crippen MR) is 106 cm³/mol. The van der Waals surface area contributed by atoms with E-state index in [-0.39, 0.29) is 0 Å². The minimum absolute atomic E-state index is 0.893. The average Bonchev–Trinajstić information content (AvgIpc) is 2.94. The van der Waals surface area contributed by atoms with Crippen LogP contribution >= 0.6 is 46.5 Å². The van der Waals surface area contributed by atoms with E-state index in [1.807, 2.05) is 0 Å². The molecule has 0 radical (unpaired) electrons. The lowest BCUT2D eigenvalue weighted by Gasteiger charge is -2.08. The van der Waals surface area contributed by atoms with Crippen LogP contribution in [-0.2, 0) is 6.42 Å². The number of thiophene rings is 1. The van der Waals surface area contributed by atoms with Gasteiger partial charge in [-0.3, -0.25) is 0 Å². The fraction of sp³-hybridized carbons (Fsp3) is 0.158. The molecule has 0 aliphatic carbocycles. The molecule has 3 aromatic rings. The number of benzene rings is 2. The van der Waals surface area contributed by atoms with E-state index in [0.717, 1.165) is 11.4 Å². The minimum Gasteiger partial charge on any atom is -0.132 e. The van der Waals surface area contributed by atoms with Gasteiger partial charge in [-0.2, -0.15) is 0 Å². The molecule has 0 unspecified atom stereocenters. The molecule has 0 fully saturated rings. The van der Waals surface area contributed by atoms with Crippen LogP contribution in [0.1, 0.15) is 11.8 Å². The van der Waals surface area contributed by atoms with Gasteiger partial charge in [0.05, 0.1) is 9.23 Å². The fourth-order valence-corrected chi connectivity index (χ4v) is 5.65. The highest BCUT2D eigenvalue weighted by molar-refractivity contribution is 8.01. The van der Waals surface area contributed by atoms with E-state index in [4.69, 9.17) is 11.6 Å². The van der Waals surface area contributed by atoms with E-state index < -0.39 is 0 Å². The lowest BCUT2D eigenvalue weighted by molar-refractivity contribution is 1.19. The van der Waals surface area contributed by atoms with Crippen molar-refractivity contribution in [2.75, 3.05) is 6.26 Å². The number of hydrogen-bond acceptors (Lipinski definition) is 3. The topological polar surface area (TPSA) is 0 Å². The summed E-state index contributed by atoms with van der Waals surface area (Å²) in [5.41, 5.74) is 2.52. The molecule has 0 nitrogen and oxygen atoms in total. The highest BCUT2D eigenvalue weighted by atomic mass is 35.5. The Morgan fingerprint density at radius 3 is 2.35 bits per heavy atom. The zero-order valence-corrected chi connectivity index (χ0v) is 16.2. The Hall–Kier alpha value is -0.870. The second-order valence-corrected chi connectivity index (χ2v) is 8.85. The molecule has 0 bridgehead atoms. The van der Waals surface area contributed by atoms with E-state index in [0.29, 0.717) is 0 Å². The standard InChI is InChI=1S/C19H17ClS3/c1-3-18-17(20)12-19(23-18)22-16-10-14(9-15(11-16)21-2)13-7-5-4-6-8-13/h4-12H,3H2,1-2H3. The van der Waals surface area contributed by atoms with Crippen molar-refractivity contribution in [2.24, 2.45) is 0 Å². The first-order chi connectivity index (χ1) is 11.2. The van der Waals surface area contributed by atoms with Gasteiger partial charge in [-0.15, -0.1) is 23.1 Å². The molecule has 118 valence electrons. The molecule has 23 heavy (non-hydrogen) atoms. The summed E-state index contributed by atoms with van der Waals surface area (Å²) in [6.45, 7) is 2.15. The summed E-state index contributed by atoms with van der Waals surface area (Å²) in [5, 5.41) is 0.893. The van der Waals surface area contributed by atoms with Crippen molar-refractivity contribution >= 4 is 46.5 Å². The average molecular weight is 377 g/mol. The first-order valence-corrected chi connectivity index (χ1v) is 10.6. The largest absolute Gasteiger partial charge is 0.132 e. The van der Waals surface area contributed by atoms with Crippen LogP contribution in [-0.4, -0.2) is 6.26 Å². The smallest absolute Gasteiger partial charge is 0.0664 e. The lowest BCUT2D eigenvalue weighted by atomic mass is 10.1. The SMILES string of the molecule is CCc1sc(Sc2cc(SC)cc(-c3ccccc3)c2)cc1Cl. The first kappa shape index (κ1) is 17.0. The number of aryl methyl sites for hydroxylation is 1. The third-order valence-electron chi connectivity index (χ3n) is 3.50. The van der Waals surface area contributed by atoms with Crippen LogP contribution < -0.4 is 0 Å². The second-order valence-electron chi connectivity index (χ2n) is 5.06. The highest BCUT2D eigenvalue weighted by Crippen LogP contribution is 2.40. The molecule has 1 aromatic heterocycles. The Labute approximate surface area is 155 Å². The van der Waals surface area contributed by atoms with Crippen molar-refractivity contribution in [1.82, 2.24) is 0 Å². The van der Waals surface area contributed by atoms with Gasteiger partial charge in [0, 0.05) is 14.7 Å². The van der Waals surface area contributed by atoms with Crippen LogP contribution in [0.25, 0.3) is 11.1 Å². The maximum absolute atomic E-state index is 6.29. The first-order valence-electron chi connectivity index (χ1n) is 7.40. The minimum atomic E-state index is 0.893. The number of halogens is 1. The zero-order valence-electron chi connectivity index (χ0n) is 13.0. The Morgan fingerprint density at radius 1 is 0.957 bits per heavy atom. The molecule has 0 aliphatic rings. The number of rotatable bonds is 5. The Balaban J connectivity index is 1.95. The molecule has 0 saturated carbocycles. The van der Waals surface area contributed by atoms with Crippen LogP contribution in [0.5, 0.6) is 0 Å². The molecule has 1 heterocycles. The summed E-state index contributed by atoms with van der Waals surface area (Å²) in [4.78, 5) is 3.81. The summed E-state index contributed by atoms with van der Waals surface area (Å²) in [7, 11) is 0. The third kappa shape index (κ3) is 4.16. The Bertz CT molecular complexity index is 794. The molecule has 0 atom stereocenters. The maximum Gasteiger partial charge on any atom is 0.0664 e. The van der Waals surface area contributed by atoms with Crippen molar-refractivity contribution < 1.29 is 0 Å². The molecule has 0 aliphatic heterocycles. The summed E-state index contributed by atoms with van der Waals surface area (Å²) < 4.78 is 1.25. The molecular formula is C19H17ClS3. The summed E-state index contributed by atoms with van der Waals surface area (Å²) in [6, 6.07) is 19.4. The number of hydrogen-bond donors (Lipinski definition) is 0. The van der Waals surface area contributed by atoms with Crippen molar-refractivity contribution in [3.8, 4) is 11.1 Å². The highest BCUT2D eigenvalue weighted by Gasteiger charge is 2.09. The number of thioether (sulfide) groups is 1. The molecule has 0 saturated heterocycles. The van der Waals surface area contributed by atoms with Crippen LogP contribution in [0.2, 0.25) is 5.02 Å². The van der Waals surface area contributed by atoms with Gasteiger partial charge >= 0.3 is 0 Å². The Kier molecular flexibility index (Phi) is 5.76. The van der Waals surface area contributed by atoms with E-state index >= 15 is 0 Å². The molecule has 4 heteroatoms. The van der Waals surface area contributed by atoms with E-state index in [9.17, 15) is 0 Å². The molecule has 0 amide bonds. The quantitative estimate of drug-likeness (QED) is 0.422. The molecule has 0 N–H and O–H groups in total. The Morgan fingerprint density at radius 2 is 1.70 bits per heavy atom. The third-order valence-corrected chi connectivity index (χ3v) is 7.02. The summed E-state index contributed by atoms with van der Waals surface area (Å²) in [6.07, 6.45) is 3.11. The van der Waals surface area contributed by atoms with Gasteiger partial charge < -0.3 is 0 Å². The normalized spacial score (nSPS) is 10.9. The van der Waals surface area contributed by atoms with E-state index in [2.05, 4.69) is 67.8 Å². The van der Waals surface area contributed by atoms with Crippen LogP contribution in [0.15, 0.2) is 68.6 Å². The molecule has 0 spiro atoms. The van der Waals surface area contributed by atoms with Gasteiger partial charge in [0.2, 0.25) is 0 Å². The molecular weight excluding hydrogens is 360 g/mol. The molecule has 2 aromatic carbocycles. The lowest BCUT2D eigenvalue weighted by Crippen LogP contribution is -1.81. The zero-order chi connectivity index (χ0) is 16.2. The van der Waals surface area contributed by atoms with Gasteiger partial charge in [0.25, 0.3) is 0 Å². The van der Waals surface area contributed by atoms with Crippen molar-refractivity contribution in [1.29, 1.82) is 0 Å². The van der Waals surface area contributed by atoms with Gasteiger partial charge in [0.1, 0.15) is 0 Å².